The Balaban J connectivity index is 1.51. The van der Waals surface area contributed by atoms with Crippen LogP contribution in [0.4, 0.5) is 0 Å². The van der Waals surface area contributed by atoms with E-state index in [9.17, 15) is 0 Å². The van der Waals surface area contributed by atoms with E-state index in [0.717, 1.165) is 17.9 Å². The van der Waals surface area contributed by atoms with Gasteiger partial charge in [-0.15, -0.1) is 0 Å². The molecule has 3 unspecified atom stereocenters. The molecule has 3 rings (SSSR count). The molecule has 3 fully saturated rings. The van der Waals surface area contributed by atoms with Crippen LogP contribution in [0, 0.1) is 0 Å². The third kappa shape index (κ3) is 3.63. The summed E-state index contributed by atoms with van der Waals surface area (Å²) >= 11 is 4.15. The van der Waals surface area contributed by atoms with Crippen LogP contribution in [0.3, 0.4) is 0 Å². The highest BCUT2D eigenvalue weighted by atomic mass is 32.2. The smallest absolute Gasteiger partial charge is 0.0713 e. The summed E-state index contributed by atoms with van der Waals surface area (Å²) in [5, 5.41) is 4.85. The van der Waals surface area contributed by atoms with Gasteiger partial charge in [-0.25, -0.2) is 0 Å². The summed E-state index contributed by atoms with van der Waals surface area (Å²) in [7, 11) is 0. The van der Waals surface area contributed by atoms with Crippen molar-refractivity contribution in [3.63, 3.8) is 0 Å². The highest BCUT2D eigenvalue weighted by molar-refractivity contribution is 7.99. The standard InChI is InChI=1S/C15H27NOS2/c1-18-14-3-2-12(10-14)16-13-4-7-17-15(11-13)5-8-19-9-6-15/h12-14,16H,2-11H2,1H3. The van der Waals surface area contributed by atoms with Gasteiger partial charge in [0.25, 0.3) is 0 Å². The minimum Gasteiger partial charge on any atom is -0.375 e. The molecule has 3 atom stereocenters. The van der Waals surface area contributed by atoms with Crippen LogP contribution in [-0.4, -0.2) is 47.3 Å². The van der Waals surface area contributed by atoms with Gasteiger partial charge >= 0.3 is 0 Å². The molecular formula is C15H27NOS2. The Morgan fingerprint density at radius 2 is 2.00 bits per heavy atom. The highest BCUT2D eigenvalue weighted by Gasteiger charge is 2.39. The monoisotopic (exact) mass is 301 g/mol. The Labute approximate surface area is 126 Å². The fourth-order valence-corrected chi connectivity index (χ4v) is 5.93. The summed E-state index contributed by atoms with van der Waals surface area (Å²) in [6, 6.07) is 1.48. The molecule has 3 aliphatic rings. The van der Waals surface area contributed by atoms with E-state index >= 15 is 0 Å². The van der Waals surface area contributed by atoms with E-state index in [4.69, 9.17) is 4.74 Å². The van der Waals surface area contributed by atoms with Gasteiger partial charge in [0, 0.05) is 23.9 Å². The van der Waals surface area contributed by atoms with Crippen molar-refractivity contribution in [2.75, 3.05) is 24.4 Å². The third-order valence-electron chi connectivity index (χ3n) is 5.09. The van der Waals surface area contributed by atoms with Gasteiger partial charge in [-0.3, -0.25) is 0 Å². The second-order valence-corrected chi connectivity index (χ2v) is 8.73. The molecule has 1 spiro atoms. The molecule has 110 valence electrons. The average molecular weight is 302 g/mol. The van der Waals surface area contributed by atoms with Gasteiger partial charge in [0.05, 0.1) is 5.60 Å². The summed E-state index contributed by atoms with van der Waals surface area (Å²) in [6.07, 6.45) is 11.4. The Kier molecular flexibility index (Phi) is 5.05. The lowest BCUT2D eigenvalue weighted by atomic mass is 9.85. The topological polar surface area (TPSA) is 21.3 Å². The van der Waals surface area contributed by atoms with E-state index in [2.05, 4.69) is 35.1 Å². The molecule has 1 saturated carbocycles. The number of rotatable bonds is 3. The minimum absolute atomic E-state index is 0.235. The Bertz CT molecular complexity index is 288. The summed E-state index contributed by atoms with van der Waals surface area (Å²) < 4.78 is 6.19. The van der Waals surface area contributed by atoms with E-state index in [1.165, 1.54) is 56.5 Å². The Morgan fingerprint density at radius 1 is 1.16 bits per heavy atom. The average Bonchev–Trinajstić information content (AvgIpc) is 2.87. The van der Waals surface area contributed by atoms with Crippen LogP contribution in [0.15, 0.2) is 0 Å². The van der Waals surface area contributed by atoms with Gasteiger partial charge in [-0.05, 0) is 62.7 Å². The van der Waals surface area contributed by atoms with E-state index in [0.29, 0.717) is 6.04 Å². The Morgan fingerprint density at radius 3 is 2.74 bits per heavy atom. The lowest BCUT2D eigenvalue weighted by Gasteiger charge is -2.44. The molecule has 2 saturated heterocycles. The van der Waals surface area contributed by atoms with Crippen LogP contribution in [0.1, 0.15) is 44.9 Å². The van der Waals surface area contributed by atoms with Crippen LogP contribution < -0.4 is 5.32 Å². The molecule has 2 heterocycles. The predicted octanol–water partition coefficient (Wildman–Crippen LogP) is 3.30. The molecule has 0 radical (unpaired) electrons. The number of thioether (sulfide) groups is 2. The molecule has 1 aliphatic carbocycles. The largest absolute Gasteiger partial charge is 0.375 e. The zero-order chi connectivity index (χ0) is 13.1. The van der Waals surface area contributed by atoms with Crippen molar-refractivity contribution >= 4 is 23.5 Å². The first-order valence-corrected chi connectivity index (χ1v) is 10.2. The van der Waals surface area contributed by atoms with E-state index in [1.807, 2.05) is 0 Å². The second kappa shape index (κ2) is 6.59. The zero-order valence-electron chi connectivity index (χ0n) is 12.0. The van der Waals surface area contributed by atoms with Crippen LogP contribution in [-0.2, 0) is 4.74 Å². The van der Waals surface area contributed by atoms with Gasteiger partial charge < -0.3 is 10.1 Å². The number of hydrogen-bond acceptors (Lipinski definition) is 4. The summed E-state index contributed by atoms with van der Waals surface area (Å²) in [6.45, 7) is 0.973. The highest BCUT2D eigenvalue weighted by Crippen LogP contribution is 2.38. The van der Waals surface area contributed by atoms with Crippen LogP contribution in [0.5, 0.6) is 0 Å². The first kappa shape index (κ1) is 14.6. The fraction of sp³-hybridized carbons (Fsp3) is 1.00. The maximum atomic E-state index is 6.19. The summed E-state index contributed by atoms with van der Waals surface area (Å²) in [4.78, 5) is 0. The first-order valence-electron chi connectivity index (χ1n) is 7.80. The second-order valence-electron chi connectivity index (χ2n) is 6.37. The fourth-order valence-electron chi connectivity index (χ4n) is 3.90. The van der Waals surface area contributed by atoms with Crippen molar-refractivity contribution in [1.82, 2.24) is 5.32 Å². The molecule has 0 bridgehead atoms. The molecule has 2 nitrogen and oxygen atoms in total. The first-order chi connectivity index (χ1) is 9.30. The van der Waals surface area contributed by atoms with Gasteiger partial charge in [0.2, 0.25) is 0 Å². The Hall–Kier alpha value is 0.620. The van der Waals surface area contributed by atoms with Crippen molar-refractivity contribution < 1.29 is 4.74 Å². The number of nitrogens with one attached hydrogen (secondary N) is 1. The van der Waals surface area contributed by atoms with Crippen LogP contribution in [0.2, 0.25) is 0 Å². The number of hydrogen-bond donors (Lipinski definition) is 1. The molecule has 0 aromatic rings. The third-order valence-corrected chi connectivity index (χ3v) is 7.17. The molecule has 0 aromatic heterocycles. The summed E-state index contributed by atoms with van der Waals surface area (Å²) in [5.74, 6) is 2.59. The van der Waals surface area contributed by atoms with Crippen molar-refractivity contribution in [2.45, 2.75) is 67.9 Å². The molecule has 4 heteroatoms. The maximum absolute atomic E-state index is 6.19. The molecule has 1 N–H and O–H groups in total. The van der Waals surface area contributed by atoms with Gasteiger partial charge in [0.15, 0.2) is 0 Å². The molecule has 0 aromatic carbocycles. The molecular weight excluding hydrogens is 274 g/mol. The normalized spacial score (nSPS) is 38.7. The van der Waals surface area contributed by atoms with Gasteiger partial charge in [-0.1, -0.05) is 0 Å². The van der Waals surface area contributed by atoms with Crippen LogP contribution in [0.25, 0.3) is 0 Å². The quantitative estimate of drug-likeness (QED) is 0.863. The lowest BCUT2D eigenvalue weighted by Crippen LogP contribution is -2.50. The van der Waals surface area contributed by atoms with E-state index in [-0.39, 0.29) is 5.60 Å². The predicted molar refractivity (Wildman–Crippen MR) is 86.3 cm³/mol. The van der Waals surface area contributed by atoms with E-state index < -0.39 is 0 Å². The van der Waals surface area contributed by atoms with Crippen LogP contribution >= 0.6 is 23.5 Å². The van der Waals surface area contributed by atoms with Gasteiger partial charge in [0.1, 0.15) is 0 Å². The van der Waals surface area contributed by atoms with Crippen molar-refractivity contribution in [3.8, 4) is 0 Å². The SMILES string of the molecule is CSC1CCC(NC2CCOC3(CCSCC3)C2)C1. The zero-order valence-corrected chi connectivity index (χ0v) is 13.7. The van der Waals surface area contributed by atoms with Crippen molar-refractivity contribution in [2.24, 2.45) is 0 Å². The van der Waals surface area contributed by atoms with Gasteiger partial charge in [-0.2, -0.15) is 23.5 Å². The molecule has 2 aliphatic heterocycles. The minimum atomic E-state index is 0.235. The van der Waals surface area contributed by atoms with Crippen molar-refractivity contribution in [3.05, 3.63) is 0 Å². The van der Waals surface area contributed by atoms with E-state index in [1.54, 1.807) is 0 Å². The number of ether oxygens (including phenoxy) is 1. The summed E-state index contributed by atoms with van der Waals surface area (Å²) in [5.41, 5.74) is 0.235. The van der Waals surface area contributed by atoms with Crippen molar-refractivity contribution in [1.29, 1.82) is 0 Å². The lowest BCUT2D eigenvalue weighted by molar-refractivity contribution is -0.0941. The molecule has 0 amide bonds. The maximum Gasteiger partial charge on any atom is 0.0713 e. The molecule has 19 heavy (non-hydrogen) atoms.